The van der Waals surface area contributed by atoms with Gasteiger partial charge in [-0.05, 0) is 23.2 Å². The van der Waals surface area contributed by atoms with Crippen LogP contribution in [0, 0.1) is 11.3 Å². The van der Waals surface area contributed by atoms with E-state index in [1.165, 1.54) is 11.6 Å². The molecule has 3 heterocycles. The van der Waals surface area contributed by atoms with Crippen molar-refractivity contribution in [1.29, 1.82) is 5.26 Å². The van der Waals surface area contributed by atoms with Crippen LogP contribution in [0.3, 0.4) is 0 Å². The average Bonchev–Trinajstić information content (AvgIpc) is 3.40. The maximum absolute atomic E-state index is 13.0. The highest BCUT2D eigenvalue weighted by Crippen LogP contribution is 2.32. The predicted octanol–water partition coefficient (Wildman–Crippen LogP) is 6.27. The molecule has 13 heteroatoms. The number of ether oxygens (including phenoxy) is 2. The lowest BCUT2D eigenvalue weighted by Crippen LogP contribution is -2.22. The fraction of sp³-hybridized carbons (Fsp3) is 0.360. The number of benzene rings is 1. The number of alkyl halides is 3. The van der Waals surface area contributed by atoms with E-state index in [0.29, 0.717) is 28.8 Å². The molecule has 38 heavy (non-hydrogen) atoms. The van der Waals surface area contributed by atoms with Crippen molar-refractivity contribution in [1.82, 2.24) is 24.1 Å². The van der Waals surface area contributed by atoms with Gasteiger partial charge in [-0.2, -0.15) is 28.4 Å². The lowest BCUT2D eigenvalue weighted by atomic mass is 10.1. The van der Waals surface area contributed by atoms with Crippen LogP contribution in [0.1, 0.15) is 16.8 Å². The Morgan fingerprint density at radius 2 is 1.79 bits per heavy atom. The topological polar surface area (TPSA) is 90.8 Å². The number of halogens is 4. The molecule has 0 atom stereocenters. The van der Waals surface area contributed by atoms with Gasteiger partial charge in [0.2, 0.25) is 11.2 Å². The number of rotatable bonds is 9. The van der Waals surface area contributed by atoms with Gasteiger partial charge >= 0.3 is 6.18 Å². The number of aromatic nitrogens is 5. The number of imidazole rings is 1. The molecule has 1 aromatic carbocycles. The molecule has 4 rings (SSSR count). The van der Waals surface area contributed by atoms with Crippen molar-refractivity contribution in [3.8, 4) is 23.3 Å². The molecule has 0 N–H and O–H groups in total. The quantitative estimate of drug-likeness (QED) is 0.136. The van der Waals surface area contributed by atoms with E-state index in [1.807, 2.05) is 0 Å². The van der Waals surface area contributed by atoms with E-state index < -0.39 is 19.9 Å². The van der Waals surface area contributed by atoms with E-state index in [2.05, 4.69) is 40.7 Å². The zero-order valence-electron chi connectivity index (χ0n) is 21.3. The highest BCUT2D eigenvalue weighted by atomic mass is 35.5. The predicted molar refractivity (Wildman–Crippen MR) is 139 cm³/mol. The number of hydrogen-bond acceptors (Lipinski definition) is 6. The van der Waals surface area contributed by atoms with Crippen LogP contribution in [0.4, 0.5) is 13.2 Å². The van der Waals surface area contributed by atoms with Crippen LogP contribution in [-0.4, -0.2) is 38.8 Å². The molecule has 0 aliphatic carbocycles. The molecule has 0 spiro atoms. The molecule has 0 saturated carbocycles. The van der Waals surface area contributed by atoms with Crippen molar-refractivity contribution in [2.45, 2.75) is 45.2 Å². The standard InChI is InChI=1S/C25H26ClF3N6O2Si/c1-34-13-19(25(27,28)29)31-21(34)17-7-5-16(6-8-17)14-37-23-20-18(11-30)12-35(22(20)32-24(26)33-23)15-36-9-10-38(2,3)4/h5-8,12-13H,9-10,14-15H2,1-4H3. The number of hydrogen-bond donors (Lipinski definition) is 0. The maximum Gasteiger partial charge on any atom is 0.434 e. The Kier molecular flexibility index (Phi) is 7.82. The Morgan fingerprint density at radius 3 is 2.39 bits per heavy atom. The van der Waals surface area contributed by atoms with Crippen LogP contribution < -0.4 is 4.74 Å². The minimum Gasteiger partial charge on any atom is -0.472 e. The summed E-state index contributed by atoms with van der Waals surface area (Å²) in [7, 11) is 0.262. The summed E-state index contributed by atoms with van der Waals surface area (Å²) in [6.45, 7) is 7.69. The van der Waals surface area contributed by atoms with E-state index in [9.17, 15) is 18.4 Å². The zero-order chi connectivity index (χ0) is 27.7. The zero-order valence-corrected chi connectivity index (χ0v) is 23.1. The summed E-state index contributed by atoms with van der Waals surface area (Å²) in [5, 5.41) is 10.1. The number of fused-ring (bicyclic) bond motifs is 1. The monoisotopic (exact) mass is 562 g/mol. The van der Waals surface area contributed by atoms with Crippen molar-refractivity contribution >= 4 is 30.7 Å². The average molecular weight is 563 g/mol. The molecule has 4 aromatic rings. The molecular formula is C25H26ClF3N6O2Si. The molecule has 0 fully saturated rings. The summed E-state index contributed by atoms with van der Waals surface area (Å²) in [6.07, 6.45) is -1.93. The molecule has 200 valence electrons. The van der Waals surface area contributed by atoms with Gasteiger partial charge < -0.3 is 18.6 Å². The first kappa shape index (κ1) is 27.6. The summed E-state index contributed by atoms with van der Waals surface area (Å²) in [5.74, 6) is 0.349. The summed E-state index contributed by atoms with van der Waals surface area (Å²) >= 11 is 6.17. The van der Waals surface area contributed by atoms with E-state index in [4.69, 9.17) is 21.1 Å². The third kappa shape index (κ3) is 6.35. The van der Waals surface area contributed by atoms with Crippen LogP contribution in [-0.2, 0) is 31.3 Å². The van der Waals surface area contributed by atoms with Gasteiger partial charge in [-0.3, -0.25) is 0 Å². The van der Waals surface area contributed by atoms with Crippen molar-refractivity contribution in [2.75, 3.05) is 6.61 Å². The summed E-state index contributed by atoms with van der Waals surface area (Å²) < 4.78 is 53.8. The normalized spacial score (nSPS) is 12.2. The lowest BCUT2D eigenvalue weighted by Gasteiger charge is -2.15. The van der Waals surface area contributed by atoms with Crippen molar-refractivity contribution in [3.63, 3.8) is 0 Å². The lowest BCUT2D eigenvalue weighted by molar-refractivity contribution is -0.140. The van der Waals surface area contributed by atoms with Gasteiger partial charge in [0.25, 0.3) is 0 Å². The fourth-order valence-electron chi connectivity index (χ4n) is 3.73. The molecule has 0 radical (unpaired) electrons. The molecule has 0 aliphatic rings. The van der Waals surface area contributed by atoms with Gasteiger partial charge in [-0.25, -0.2) is 4.98 Å². The largest absolute Gasteiger partial charge is 0.472 e. The molecular weight excluding hydrogens is 537 g/mol. The highest BCUT2D eigenvalue weighted by molar-refractivity contribution is 6.76. The Balaban J connectivity index is 1.52. The molecule has 0 saturated heterocycles. The van der Waals surface area contributed by atoms with Crippen LogP contribution >= 0.6 is 11.6 Å². The molecule has 3 aromatic heterocycles. The minimum absolute atomic E-state index is 0.0379. The first-order valence-electron chi connectivity index (χ1n) is 11.7. The Hall–Kier alpha value is -3.40. The Morgan fingerprint density at radius 1 is 1.08 bits per heavy atom. The van der Waals surface area contributed by atoms with Crippen LogP contribution in [0.2, 0.25) is 31.0 Å². The SMILES string of the molecule is Cn1cc(C(F)(F)F)nc1-c1ccc(COc2nc(Cl)nc3c2c(C#N)cn3COCC[Si](C)(C)C)cc1. The fourth-order valence-corrected chi connectivity index (χ4v) is 4.64. The van der Waals surface area contributed by atoms with E-state index in [0.717, 1.165) is 17.8 Å². The molecule has 0 unspecified atom stereocenters. The van der Waals surface area contributed by atoms with Gasteiger partial charge in [-0.1, -0.05) is 43.9 Å². The van der Waals surface area contributed by atoms with Crippen molar-refractivity contribution < 1.29 is 22.6 Å². The summed E-state index contributed by atoms with van der Waals surface area (Å²) in [5.41, 5.74) is 1.06. The third-order valence-corrected chi connectivity index (χ3v) is 7.63. The summed E-state index contributed by atoms with van der Waals surface area (Å²) in [4.78, 5) is 12.2. The highest BCUT2D eigenvalue weighted by Gasteiger charge is 2.34. The maximum atomic E-state index is 13.0. The number of nitrogens with zero attached hydrogens (tertiary/aromatic N) is 6. The molecule has 0 amide bonds. The summed E-state index contributed by atoms with van der Waals surface area (Å²) in [6, 6.07) is 9.92. The first-order chi connectivity index (χ1) is 17.9. The van der Waals surface area contributed by atoms with Gasteiger partial charge in [0.05, 0.1) is 10.9 Å². The van der Waals surface area contributed by atoms with Crippen molar-refractivity contribution in [3.05, 3.63) is 58.8 Å². The Labute approximate surface area is 223 Å². The third-order valence-electron chi connectivity index (χ3n) is 5.76. The minimum atomic E-state index is -4.52. The van der Waals surface area contributed by atoms with Gasteiger partial charge in [-0.15, -0.1) is 0 Å². The second-order valence-corrected chi connectivity index (χ2v) is 16.0. The Bertz CT molecular complexity index is 1490. The molecule has 8 nitrogen and oxygen atoms in total. The van der Waals surface area contributed by atoms with E-state index in [-0.39, 0.29) is 30.3 Å². The molecule has 0 bridgehead atoms. The van der Waals surface area contributed by atoms with Crippen LogP contribution in [0.15, 0.2) is 36.7 Å². The smallest absolute Gasteiger partial charge is 0.434 e. The number of aryl methyl sites for hydroxylation is 1. The van der Waals surface area contributed by atoms with Crippen molar-refractivity contribution in [2.24, 2.45) is 7.05 Å². The first-order valence-corrected chi connectivity index (χ1v) is 15.8. The van der Waals surface area contributed by atoms with E-state index >= 15 is 0 Å². The number of nitriles is 1. The van der Waals surface area contributed by atoms with E-state index in [1.54, 1.807) is 35.0 Å². The van der Waals surface area contributed by atoms with Gasteiger partial charge in [0, 0.05) is 39.7 Å². The second-order valence-electron chi connectivity index (χ2n) is 10.0. The van der Waals surface area contributed by atoms with Crippen LogP contribution in [0.25, 0.3) is 22.4 Å². The molecule has 0 aliphatic heterocycles. The second kappa shape index (κ2) is 10.8. The van der Waals surface area contributed by atoms with Gasteiger partial charge in [0.15, 0.2) is 11.3 Å². The van der Waals surface area contributed by atoms with Crippen LogP contribution in [0.5, 0.6) is 5.88 Å². The van der Waals surface area contributed by atoms with Gasteiger partial charge in [0.1, 0.15) is 25.2 Å².